The van der Waals surface area contributed by atoms with Crippen LogP contribution in [0.1, 0.15) is 260 Å². The van der Waals surface area contributed by atoms with Crippen molar-refractivity contribution in [3.8, 4) is 11.5 Å². The number of carbonyl (C=O) groups is 4. The summed E-state index contributed by atoms with van der Waals surface area (Å²) in [6, 6.07) is 21.3. The lowest BCUT2D eigenvalue weighted by Gasteiger charge is -2.20. The molecule has 0 aliphatic rings. The summed E-state index contributed by atoms with van der Waals surface area (Å²) in [6.07, 6.45) is 44.1. The van der Waals surface area contributed by atoms with Crippen molar-refractivity contribution in [1.29, 1.82) is 0 Å². The van der Waals surface area contributed by atoms with E-state index in [1.807, 2.05) is 42.5 Å². The minimum Gasteiger partial charge on any atom is -0.508 e. The van der Waals surface area contributed by atoms with E-state index in [0.29, 0.717) is 52.4 Å². The zero-order valence-corrected chi connectivity index (χ0v) is 59.4. The Morgan fingerprint density at radius 3 is 1.46 bits per heavy atom. The average molecular weight is 1350 g/mol. The summed E-state index contributed by atoms with van der Waals surface area (Å²) >= 11 is 0. The number of rotatable bonds is 64. The molecule has 0 heterocycles. The van der Waals surface area contributed by atoms with Gasteiger partial charge in [-0.2, -0.15) is 0 Å². The predicted molar refractivity (Wildman–Crippen MR) is 381 cm³/mol. The molecule has 0 saturated heterocycles. The smallest absolute Gasteiger partial charge is 0.472 e. The van der Waals surface area contributed by atoms with Crippen molar-refractivity contribution in [2.75, 3.05) is 85.8 Å². The molecule has 3 rings (SSSR count). The Bertz CT molecular complexity index is 2520. The fraction of sp³-hybridized carbons (Fsp3) is 0.662. The number of carbonyl (C=O) groups excluding carboxylic acids is 4. The molecule has 3 N–H and O–H groups in total. The second kappa shape index (κ2) is 57.8. The number of hydrogen-bond donors (Lipinski definition) is 3. The normalized spacial score (nSPS) is 12.5. The third-order valence-corrected chi connectivity index (χ3v) is 17.3. The molecule has 0 aliphatic heterocycles. The number of aromatic hydroxyl groups is 1. The lowest BCUT2D eigenvalue weighted by Crippen LogP contribution is -2.31. The van der Waals surface area contributed by atoms with E-state index in [1.54, 1.807) is 12.1 Å². The molecule has 3 aromatic rings. The summed E-state index contributed by atoms with van der Waals surface area (Å²) in [5.74, 6) is -0.510. The summed E-state index contributed by atoms with van der Waals surface area (Å²) in [7, 11) is -4.62. The largest absolute Gasteiger partial charge is 0.508 e. The van der Waals surface area contributed by atoms with Gasteiger partial charge in [0.1, 0.15) is 37.9 Å². The van der Waals surface area contributed by atoms with Gasteiger partial charge in [0.25, 0.3) is 0 Å². The number of benzene rings is 3. The fourth-order valence-corrected chi connectivity index (χ4v) is 11.4. The van der Waals surface area contributed by atoms with Crippen LogP contribution >= 0.6 is 7.82 Å². The second-order valence-electron chi connectivity index (χ2n) is 24.9. The molecule has 0 fully saturated rings. The molecule has 3 aromatic carbocycles. The Hall–Kier alpha value is -5.23. The molecule has 0 aliphatic carbocycles. The number of ether oxygens (including phenoxy) is 7. The number of unbranched alkanes of at least 4 members (excludes halogenated alkanes) is 28. The molecule has 0 bridgehead atoms. The minimum absolute atomic E-state index is 0.0119. The number of phenols is 1. The SMILES string of the molecule is CCCCCCCCCCCCCCCCCC(=O)OCC(COP(=O)(O)OCCCC(=O)COCCOCC(=O)NCCOCCOCCOc1ccc(/C=C/c2ccc(/C=C/c3ccc(O)cc3)cc2C)cc1)OC(=O)CCCCCCCCCCCCCCCCC. The van der Waals surface area contributed by atoms with Crippen molar-refractivity contribution in [2.45, 2.75) is 245 Å². The number of phosphoric ester groups is 1. The van der Waals surface area contributed by atoms with E-state index in [4.69, 9.17) is 42.2 Å². The van der Waals surface area contributed by atoms with Crippen LogP contribution in [0.25, 0.3) is 24.3 Å². The van der Waals surface area contributed by atoms with Crippen LogP contribution in [0, 0.1) is 6.92 Å². The van der Waals surface area contributed by atoms with Crippen LogP contribution in [-0.2, 0) is 61.2 Å². The third kappa shape index (κ3) is 49.0. The van der Waals surface area contributed by atoms with Gasteiger partial charge >= 0.3 is 19.8 Å². The third-order valence-electron chi connectivity index (χ3n) is 16.3. The maximum Gasteiger partial charge on any atom is 0.472 e. The van der Waals surface area contributed by atoms with Crippen molar-refractivity contribution in [3.05, 3.63) is 94.5 Å². The van der Waals surface area contributed by atoms with Crippen molar-refractivity contribution >= 4 is 55.8 Å². The quantitative estimate of drug-likeness (QED) is 0.0207. The van der Waals surface area contributed by atoms with Crippen LogP contribution < -0.4 is 10.1 Å². The summed E-state index contributed by atoms with van der Waals surface area (Å²) in [6.45, 7) is 7.35. The number of hydrogen-bond acceptors (Lipinski definition) is 15. The topological polar surface area (TPSA) is 221 Å². The van der Waals surface area contributed by atoms with Crippen LogP contribution in [-0.4, -0.2) is 126 Å². The van der Waals surface area contributed by atoms with Crippen molar-refractivity contribution in [1.82, 2.24) is 5.32 Å². The Morgan fingerprint density at radius 1 is 0.463 bits per heavy atom. The van der Waals surface area contributed by atoms with Crippen molar-refractivity contribution < 1.29 is 75.9 Å². The van der Waals surface area contributed by atoms with Gasteiger partial charge in [-0.3, -0.25) is 28.2 Å². The molecule has 0 radical (unpaired) electrons. The molecular weight excluding hydrogens is 1230 g/mol. The number of Topliss-reactive ketones (excluding diaryl/α,β-unsaturated/α-hetero) is 1. The number of aryl methyl sites for hydroxylation is 1. The predicted octanol–water partition coefficient (Wildman–Crippen LogP) is 18.1. The van der Waals surface area contributed by atoms with Crippen molar-refractivity contribution in [2.24, 2.45) is 0 Å². The lowest BCUT2D eigenvalue weighted by atomic mass is 10.0. The van der Waals surface area contributed by atoms with E-state index in [2.05, 4.69) is 62.5 Å². The van der Waals surface area contributed by atoms with Gasteiger partial charge in [-0.1, -0.05) is 260 Å². The summed E-state index contributed by atoms with van der Waals surface area (Å²) < 4.78 is 62.0. The Kier molecular flexibility index (Phi) is 51.1. The molecule has 536 valence electrons. The molecule has 2 unspecified atom stereocenters. The average Bonchev–Trinajstić information content (AvgIpc) is 1.67. The standard InChI is InChI=1S/C77H122NO16P/c1-4-6-8-10-12-14-16-18-20-22-24-26-28-30-32-36-76(82)91-63-74(94-77(83)37-33-31-29-27-25-23-21-19-17-15-13-11-9-7-5-2)64-93-95(84,85)92-53-34-35-72(80)62-88-57-58-89-65-75(81)78-52-54-86-55-56-87-59-60-90-73-50-44-68(45-51-73)40-46-70-47-41-69(61-66(70)3)39-38-67-42-48-71(79)49-43-67/h38-51,61,74,79H,4-37,52-60,62-65H2,1-3H3,(H,78,81)(H,84,85)/b39-38+,46-40+. The minimum atomic E-state index is -4.62. The van der Waals surface area contributed by atoms with E-state index < -0.39 is 32.5 Å². The highest BCUT2D eigenvalue weighted by atomic mass is 31.2. The van der Waals surface area contributed by atoms with E-state index in [1.165, 1.54) is 141 Å². The monoisotopic (exact) mass is 1350 g/mol. The van der Waals surface area contributed by atoms with Gasteiger partial charge < -0.3 is 48.5 Å². The van der Waals surface area contributed by atoms with Gasteiger partial charge in [0, 0.05) is 25.8 Å². The molecule has 0 saturated carbocycles. The van der Waals surface area contributed by atoms with Crippen LogP contribution in [0.15, 0.2) is 66.7 Å². The fourth-order valence-electron chi connectivity index (χ4n) is 10.6. The Labute approximate surface area is 571 Å². The van der Waals surface area contributed by atoms with Gasteiger partial charge in [0.05, 0.1) is 52.9 Å². The van der Waals surface area contributed by atoms with Crippen LogP contribution in [0.5, 0.6) is 11.5 Å². The first-order chi connectivity index (χ1) is 46.3. The number of phosphoric acid groups is 1. The molecule has 0 spiro atoms. The number of nitrogens with one attached hydrogen (secondary N) is 1. The van der Waals surface area contributed by atoms with Gasteiger partial charge in [-0.05, 0) is 78.3 Å². The molecule has 95 heavy (non-hydrogen) atoms. The molecule has 17 nitrogen and oxygen atoms in total. The van der Waals surface area contributed by atoms with Crippen molar-refractivity contribution in [3.63, 3.8) is 0 Å². The van der Waals surface area contributed by atoms with Crippen LogP contribution in [0.2, 0.25) is 0 Å². The summed E-state index contributed by atoms with van der Waals surface area (Å²) in [5, 5.41) is 12.2. The maximum absolute atomic E-state index is 12.9. The Morgan fingerprint density at radius 2 is 0.916 bits per heavy atom. The number of ketones is 1. The van der Waals surface area contributed by atoms with Gasteiger partial charge in [0.2, 0.25) is 5.91 Å². The first-order valence-electron chi connectivity index (χ1n) is 36.4. The van der Waals surface area contributed by atoms with Crippen LogP contribution in [0.3, 0.4) is 0 Å². The molecular formula is C77H122NO16P. The maximum atomic E-state index is 12.9. The first kappa shape index (κ1) is 84.0. The van der Waals surface area contributed by atoms with E-state index in [0.717, 1.165) is 72.1 Å². The Balaban J connectivity index is 1.19. The van der Waals surface area contributed by atoms with E-state index in [9.17, 15) is 33.7 Å². The zero-order chi connectivity index (χ0) is 68.3. The van der Waals surface area contributed by atoms with Gasteiger partial charge in [-0.15, -0.1) is 0 Å². The van der Waals surface area contributed by atoms with Gasteiger partial charge in [0.15, 0.2) is 11.9 Å². The summed E-state index contributed by atoms with van der Waals surface area (Å²) in [5.41, 5.74) is 5.47. The van der Waals surface area contributed by atoms with E-state index >= 15 is 0 Å². The molecule has 2 atom stereocenters. The number of amides is 1. The lowest BCUT2D eigenvalue weighted by molar-refractivity contribution is -0.161. The number of phenolic OH excluding ortho intramolecular Hbond substituents is 1. The second-order valence-corrected chi connectivity index (χ2v) is 26.4. The molecule has 0 aromatic heterocycles. The summed E-state index contributed by atoms with van der Waals surface area (Å²) in [4.78, 5) is 60.7. The highest BCUT2D eigenvalue weighted by Crippen LogP contribution is 2.43. The first-order valence-corrected chi connectivity index (χ1v) is 37.9. The van der Waals surface area contributed by atoms with E-state index in [-0.39, 0.29) is 82.8 Å². The highest BCUT2D eigenvalue weighted by Gasteiger charge is 2.26. The zero-order valence-electron chi connectivity index (χ0n) is 58.5. The van der Waals surface area contributed by atoms with Crippen LogP contribution in [0.4, 0.5) is 0 Å². The van der Waals surface area contributed by atoms with Gasteiger partial charge in [-0.25, -0.2) is 4.57 Å². The molecule has 1 amide bonds. The highest BCUT2D eigenvalue weighted by molar-refractivity contribution is 7.47. The number of esters is 2. The molecule has 18 heteroatoms.